The van der Waals surface area contributed by atoms with Crippen molar-refractivity contribution in [1.29, 1.82) is 0 Å². The maximum atomic E-state index is 12.1. The number of ether oxygens (including phenoxy) is 2. The molecule has 118 valence electrons. The molecule has 4 heteroatoms. The largest absolute Gasteiger partial charge is 0.497 e. The predicted octanol–water partition coefficient (Wildman–Crippen LogP) is 3.09. The molecule has 0 saturated heterocycles. The van der Waals surface area contributed by atoms with Crippen molar-refractivity contribution in [2.24, 2.45) is 0 Å². The quantitative estimate of drug-likeness (QED) is 0.681. The van der Waals surface area contributed by atoms with Crippen LogP contribution in [-0.4, -0.2) is 25.7 Å². The molecule has 0 saturated carbocycles. The Morgan fingerprint density at radius 3 is 2.43 bits per heavy atom. The third-order valence-corrected chi connectivity index (χ3v) is 3.06. The summed E-state index contributed by atoms with van der Waals surface area (Å²) in [6.07, 6.45) is 0. The van der Waals surface area contributed by atoms with Crippen molar-refractivity contribution in [3.8, 4) is 17.6 Å². The van der Waals surface area contributed by atoms with Gasteiger partial charge < -0.3 is 14.8 Å². The summed E-state index contributed by atoms with van der Waals surface area (Å²) < 4.78 is 10.2. The van der Waals surface area contributed by atoms with Crippen LogP contribution in [0.25, 0.3) is 0 Å². The lowest BCUT2D eigenvalue weighted by Crippen LogP contribution is -2.30. The first-order chi connectivity index (χ1) is 11.2. The van der Waals surface area contributed by atoms with E-state index in [2.05, 4.69) is 17.2 Å². The highest BCUT2D eigenvalue weighted by atomic mass is 16.5. The van der Waals surface area contributed by atoms with Crippen LogP contribution in [0.3, 0.4) is 0 Å². The van der Waals surface area contributed by atoms with Crippen LogP contribution in [0.15, 0.2) is 54.6 Å². The van der Waals surface area contributed by atoms with Gasteiger partial charge in [0.15, 0.2) is 6.04 Å². The van der Waals surface area contributed by atoms with E-state index in [4.69, 9.17) is 9.47 Å². The summed E-state index contributed by atoms with van der Waals surface area (Å²) in [6.45, 7) is 2.08. The van der Waals surface area contributed by atoms with Gasteiger partial charge in [0.2, 0.25) is 0 Å². The molecule has 1 atom stereocenters. The van der Waals surface area contributed by atoms with Gasteiger partial charge in [0.05, 0.1) is 13.7 Å². The van der Waals surface area contributed by atoms with E-state index in [-0.39, 0.29) is 0 Å². The van der Waals surface area contributed by atoms with Crippen molar-refractivity contribution in [1.82, 2.24) is 0 Å². The fourth-order valence-corrected chi connectivity index (χ4v) is 1.91. The Hall–Kier alpha value is -2.93. The summed E-state index contributed by atoms with van der Waals surface area (Å²) in [6, 6.07) is 16.1. The van der Waals surface area contributed by atoms with E-state index in [1.165, 1.54) is 0 Å². The molecule has 0 amide bonds. The van der Waals surface area contributed by atoms with Gasteiger partial charge in [-0.25, -0.2) is 4.79 Å². The number of nitrogens with one attached hydrogen (secondary N) is 1. The van der Waals surface area contributed by atoms with Crippen molar-refractivity contribution in [2.45, 2.75) is 13.0 Å². The molecule has 0 radical (unpaired) electrons. The first kappa shape index (κ1) is 16.4. The van der Waals surface area contributed by atoms with Crippen LogP contribution in [0.1, 0.15) is 12.5 Å². The van der Waals surface area contributed by atoms with E-state index in [9.17, 15) is 4.79 Å². The summed E-state index contributed by atoms with van der Waals surface area (Å²) in [7, 11) is 1.61. The lowest BCUT2D eigenvalue weighted by Gasteiger charge is -2.13. The smallest absolute Gasteiger partial charge is 0.341 e. The molecule has 0 heterocycles. The lowest BCUT2D eigenvalue weighted by molar-refractivity contribution is -0.142. The number of benzene rings is 2. The van der Waals surface area contributed by atoms with Gasteiger partial charge in [-0.3, -0.25) is 0 Å². The Labute approximate surface area is 136 Å². The Balaban J connectivity index is 2.16. The zero-order valence-corrected chi connectivity index (χ0v) is 13.2. The summed E-state index contributed by atoms with van der Waals surface area (Å²) >= 11 is 0. The molecule has 2 aromatic rings. The van der Waals surface area contributed by atoms with Gasteiger partial charge in [0, 0.05) is 11.3 Å². The van der Waals surface area contributed by atoms with Crippen LogP contribution >= 0.6 is 0 Å². The topological polar surface area (TPSA) is 47.6 Å². The number of esters is 1. The molecule has 4 nitrogen and oxygen atoms in total. The van der Waals surface area contributed by atoms with Crippen molar-refractivity contribution >= 4 is 11.7 Å². The Morgan fingerprint density at radius 2 is 1.83 bits per heavy atom. The normalized spacial score (nSPS) is 10.9. The standard InChI is InChI=1S/C19H19NO3/c1-3-23-19(21)18(14-9-15-7-5-4-6-8-15)20-16-10-12-17(22-2)13-11-16/h4-8,10-13,18,20H,3H2,1-2H3/t18-/m0/s1. The molecule has 0 aliphatic heterocycles. The predicted molar refractivity (Wildman–Crippen MR) is 90.4 cm³/mol. The fourth-order valence-electron chi connectivity index (χ4n) is 1.91. The zero-order valence-electron chi connectivity index (χ0n) is 13.2. The van der Waals surface area contributed by atoms with E-state index in [0.29, 0.717) is 6.61 Å². The van der Waals surface area contributed by atoms with Gasteiger partial charge in [0.25, 0.3) is 0 Å². The molecular formula is C19H19NO3. The monoisotopic (exact) mass is 309 g/mol. The Morgan fingerprint density at radius 1 is 1.13 bits per heavy atom. The van der Waals surface area contributed by atoms with Gasteiger partial charge in [-0.05, 0) is 43.3 Å². The number of carbonyl (C=O) groups is 1. The van der Waals surface area contributed by atoms with Crippen molar-refractivity contribution < 1.29 is 14.3 Å². The van der Waals surface area contributed by atoms with Crippen LogP contribution in [-0.2, 0) is 9.53 Å². The van der Waals surface area contributed by atoms with E-state index in [1.54, 1.807) is 14.0 Å². The molecule has 2 aromatic carbocycles. The van der Waals surface area contributed by atoms with Crippen LogP contribution in [0.4, 0.5) is 5.69 Å². The molecule has 0 spiro atoms. The highest BCUT2D eigenvalue weighted by Gasteiger charge is 2.16. The molecule has 0 bridgehead atoms. The van der Waals surface area contributed by atoms with Gasteiger partial charge in [0.1, 0.15) is 5.75 Å². The third-order valence-electron chi connectivity index (χ3n) is 3.06. The minimum absolute atomic E-state index is 0.312. The molecule has 0 aromatic heterocycles. The number of anilines is 1. The average Bonchev–Trinajstić information content (AvgIpc) is 2.60. The summed E-state index contributed by atoms with van der Waals surface area (Å²) in [5.41, 5.74) is 1.62. The number of hydrogen-bond donors (Lipinski definition) is 1. The second kappa shape index (κ2) is 8.50. The first-order valence-electron chi connectivity index (χ1n) is 7.36. The molecule has 1 N–H and O–H groups in total. The van der Waals surface area contributed by atoms with Gasteiger partial charge in [-0.2, -0.15) is 0 Å². The Bertz CT molecular complexity index is 684. The average molecular weight is 309 g/mol. The van der Waals surface area contributed by atoms with Gasteiger partial charge in [-0.1, -0.05) is 30.0 Å². The number of methoxy groups -OCH3 is 1. The third kappa shape index (κ3) is 5.08. The minimum Gasteiger partial charge on any atom is -0.497 e. The summed E-state index contributed by atoms with van der Waals surface area (Å²) in [4.78, 5) is 12.1. The molecule has 0 aliphatic carbocycles. The number of carbonyl (C=O) groups excluding carboxylic acids is 1. The second-order valence-corrected chi connectivity index (χ2v) is 4.69. The van der Waals surface area contributed by atoms with E-state index >= 15 is 0 Å². The van der Waals surface area contributed by atoms with E-state index in [0.717, 1.165) is 17.0 Å². The number of hydrogen-bond acceptors (Lipinski definition) is 4. The van der Waals surface area contributed by atoms with Crippen molar-refractivity contribution in [3.63, 3.8) is 0 Å². The summed E-state index contributed by atoms with van der Waals surface area (Å²) in [5, 5.41) is 3.08. The van der Waals surface area contributed by atoms with Gasteiger partial charge in [-0.15, -0.1) is 0 Å². The molecule has 0 fully saturated rings. The lowest BCUT2D eigenvalue weighted by atomic mass is 10.2. The molecule has 0 aliphatic rings. The molecule has 0 unspecified atom stereocenters. The van der Waals surface area contributed by atoms with Crippen molar-refractivity contribution in [2.75, 3.05) is 19.0 Å². The van der Waals surface area contributed by atoms with Crippen LogP contribution in [0.5, 0.6) is 5.75 Å². The van der Waals surface area contributed by atoms with Crippen LogP contribution < -0.4 is 10.1 Å². The van der Waals surface area contributed by atoms with Crippen LogP contribution in [0.2, 0.25) is 0 Å². The maximum absolute atomic E-state index is 12.1. The Kier molecular flexibility index (Phi) is 6.07. The fraction of sp³-hybridized carbons (Fsp3) is 0.211. The van der Waals surface area contributed by atoms with Gasteiger partial charge >= 0.3 is 5.97 Å². The summed E-state index contributed by atoms with van der Waals surface area (Å²) in [5.74, 6) is 6.27. The molecule has 2 rings (SSSR count). The highest BCUT2D eigenvalue weighted by Crippen LogP contribution is 2.16. The zero-order chi connectivity index (χ0) is 16.5. The van der Waals surface area contributed by atoms with E-state index < -0.39 is 12.0 Å². The first-order valence-corrected chi connectivity index (χ1v) is 7.36. The minimum atomic E-state index is -0.733. The maximum Gasteiger partial charge on any atom is 0.341 e. The second-order valence-electron chi connectivity index (χ2n) is 4.69. The van der Waals surface area contributed by atoms with Crippen LogP contribution in [0, 0.1) is 11.8 Å². The molecular weight excluding hydrogens is 290 g/mol. The van der Waals surface area contributed by atoms with E-state index in [1.807, 2.05) is 54.6 Å². The number of rotatable bonds is 5. The molecule has 23 heavy (non-hydrogen) atoms. The highest BCUT2D eigenvalue weighted by molar-refractivity contribution is 5.83. The SMILES string of the molecule is CCOC(=O)[C@H](C#Cc1ccccc1)Nc1ccc(OC)cc1. The van der Waals surface area contributed by atoms with Crippen molar-refractivity contribution in [3.05, 3.63) is 60.2 Å².